The second kappa shape index (κ2) is 7.10. The van der Waals surface area contributed by atoms with Crippen molar-refractivity contribution < 1.29 is 19.2 Å². The Labute approximate surface area is 110 Å². The van der Waals surface area contributed by atoms with Crippen LogP contribution in [0.2, 0.25) is 0 Å². The van der Waals surface area contributed by atoms with Gasteiger partial charge >= 0.3 is 11.7 Å². The molecule has 0 unspecified atom stereocenters. The molecule has 1 rings (SSSR count). The van der Waals surface area contributed by atoms with E-state index in [1.165, 1.54) is 19.4 Å². The van der Waals surface area contributed by atoms with Crippen molar-refractivity contribution in [3.05, 3.63) is 34.0 Å². The Morgan fingerprint density at radius 1 is 1.58 bits per heavy atom. The molecule has 0 aliphatic carbocycles. The van der Waals surface area contributed by atoms with Crippen LogP contribution in [0.1, 0.15) is 18.9 Å². The highest BCUT2D eigenvalue weighted by Crippen LogP contribution is 2.24. The SMILES string of the molecule is CCOC(=O)CC=Cc1cnc(OC)c([N+](=O)[O-])c1. The van der Waals surface area contributed by atoms with Crippen molar-refractivity contribution in [2.45, 2.75) is 13.3 Å². The van der Waals surface area contributed by atoms with Crippen LogP contribution in [0.15, 0.2) is 18.3 Å². The lowest BCUT2D eigenvalue weighted by Crippen LogP contribution is -2.01. The number of pyridine rings is 1. The summed E-state index contributed by atoms with van der Waals surface area (Å²) in [7, 11) is 1.31. The van der Waals surface area contributed by atoms with Crippen molar-refractivity contribution in [1.29, 1.82) is 0 Å². The second-order valence-corrected chi connectivity index (χ2v) is 3.47. The second-order valence-electron chi connectivity index (χ2n) is 3.47. The van der Waals surface area contributed by atoms with Crippen LogP contribution in [0.25, 0.3) is 6.08 Å². The first-order valence-electron chi connectivity index (χ1n) is 5.59. The van der Waals surface area contributed by atoms with Crippen molar-refractivity contribution in [2.75, 3.05) is 13.7 Å². The molecule has 0 spiro atoms. The van der Waals surface area contributed by atoms with Gasteiger partial charge in [0.25, 0.3) is 5.88 Å². The van der Waals surface area contributed by atoms with Gasteiger partial charge in [-0.1, -0.05) is 12.2 Å². The molecule has 0 aliphatic rings. The fourth-order valence-corrected chi connectivity index (χ4v) is 1.35. The summed E-state index contributed by atoms with van der Waals surface area (Å²) in [6.45, 7) is 2.04. The smallest absolute Gasteiger partial charge is 0.331 e. The predicted octanol–water partition coefficient (Wildman–Crippen LogP) is 1.96. The lowest BCUT2D eigenvalue weighted by molar-refractivity contribution is -0.386. The molecule has 1 heterocycles. The number of methoxy groups -OCH3 is 1. The molecule has 1 aromatic rings. The Hall–Kier alpha value is -2.44. The van der Waals surface area contributed by atoms with Crippen molar-refractivity contribution in [3.63, 3.8) is 0 Å². The van der Waals surface area contributed by atoms with Crippen molar-refractivity contribution in [3.8, 4) is 5.88 Å². The normalized spacial score (nSPS) is 10.4. The first-order chi connectivity index (χ1) is 9.08. The Morgan fingerprint density at radius 3 is 2.89 bits per heavy atom. The third-order valence-corrected chi connectivity index (χ3v) is 2.14. The molecular formula is C12H14N2O5. The van der Waals surface area contributed by atoms with E-state index in [9.17, 15) is 14.9 Å². The number of nitrogens with zero attached hydrogens (tertiary/aromatic N) is 2. The van der Waals surface area contributed by atoms with E-state index >= 15 is 0 Å². The van der Waals surface area contributed by atoms with E-state index in [1.807, 2.05) is 0 Å². The number of esters is 1. The van der Waals surface area contributed by atoms with Gasteiger partial charge in [0.1, 0.15) is 0 Å². The molecule has 1 aromatic heterocycles. The van der Waals surface area contributed by atoms with Gasteiger partial charge in [0.15, 0.2) is 0 Å². The number of aromatic nitrogens is 1. The number of rotatable bonds is 6. The largest absolute Gasteiger partial charge is 0.476 e. The number of hydrogen-bond acceptors (Lipinski definition) is 6. The number of ether oxygens (including phenoxy) is 2. The summed E-state index contributed by atoms with van der Waals surface area (Å²) in [6, 6.07) is 1.33. The molecule has 7 nitrogen and oxygen atoms in total. The standard InChI is InChI=1S/C12H14N2O5/c1-3-19-11(15)6-4-5-9-7-10(14(16)17)12(18-2)13-8-9/h4-5,7-8H,3,6H2,1-2H3. The van der Waals surface area contributed by atoms with E-state index in [-0.39, 0.29) is 24.0 Å². The fraction of sp³-hybridized carbons (Fsp3) is 0.333. The molecule has 0 fully saturated rings. The maximum atomic E-state index is 11.1. The van der Waals surface area contributed by atoms with Gasteiger partial charge in [-0.2, -0.15) is 0 Å². The van der Waals surface area contributed by atoms with Crippen LogP contribution < -0.4 is 4.74 Å². The van der Waals surface area contributed by atoms with Crippen molar-refractivity contribution >= 4 is 17.7 Å². The molecule has 0 bridgehead atoms. The van der Waals surface area contributed by atoms with Gasteiger partial charge < -0.3 is 9.47 Å². The van der Waals surface area contributed by atoms with E-state index in [0.29, 0.717) is 12.2 Å². The lowest BCUT2D eigenvalue weighted by Gasteiger charge is -2.01. The summed E-state index contributed by atoms with van der Waals surface area (Å²) < 4.78 is 9.53. The minimum Gasteiger partial charge on any atom is -0.476 e. The highest BCUT2D eigenvalue weighted by molar-refractivity contribution is 5.72. The van der Waals surface area contributed by atoms with Gasteiger partial charge in [0.2, 0.25) is 0 Å². The number of hydrogen-bond donors (Lipinski definition) is 0. The quantitative estimate of drug-likeness (QED) is 0.444. The summed E-state index contributed by atoms with van der Waals surface area (Å²) in [4.78, 5) is 25.1. The third kappa shape index (κ3) is 4.38. The summed E-state index contributed by atoms with van der Waals surface area (Å²) in [6.07, 6.45) is 4.66. The Balaban J connectivity index is 2.79. The van der Waals surface area contributed by atoms with Crippen LogP contribution in [-0.2, 0) is 9.53 Å². The Kier molecular flexibility index (Phi) is 5.46. The van der Waals surface area contributed by atoms with Gasteiger partial charge in [-0.25, -0.2) is 4.98 Å². The van der Waals surface area contributed by atoms with Crippen molar-refractivity contribution in [2.24, 2.45) is 0 Å². The van der Waals surface area contributed by atoms with Crippen LogP contribution >= 0.6 is 0 Å². The number of carbonyl (C=O) groups is 1. The summed E-state index contributed by atoms with van der Waals surface area (Å²) in [5.74, 6) is -0.401. The lowest BCUT2D eigenvalue weighted by atomic mass is 10.2. The first kappa shape index (κ1) is 14.6. The number of nitro groups is 1. The zero-order valence-corrected chi connectivity index (χ0v) is 10.7. The van der Waals surface area contributed by atoms with E-state index in [1.54, 1.807) is 19.1 Å². The average Bonchev–Trinajstić information content (AvgIpc) is 2.38. The van der Waals surface area contributed by atoms with Gasteiger partial charge in [-0.3, -0.25) is 14.9 Å². The third-order valence-electron chi connectivity index (χ3n) is 2.14. The monoisotopic (exact) mass is 266 g/mol. The van der Waals surface area contributed by atoms with Crippen LogP contribution in [-0.4, -0.2) is 29.6 Å². The average molecular weight is 266 g/mol. The highest BCUT2D eigenvalue weighted by atomic mass is 16.6. The van der Waals surface area contributed by atoms with Crippen LogP contribution in [0.5, 0.6) is 5.88 Å². The molecule has 0 saturated carbocycles. The molecule has 7 heteroatoms. The van der Waals surface area contributed by atoms with Crippen LogP contribution in [0.4, 0.5) is 5.69 Å². The zero-order valence-electron chi connectivity index (χ0n) is 10.7. The minimum atomic E-state index is -0.575. The van der Waals surface area contributed by atoms with Crippen molar-refractivity contribution in [1.82, 2.24) is 4.98 Å². The Morgan fingerprint density at radius 2 is 2.32 bits per heavy atom. The fourth-order valence-electron chi connectivity index (χ4n) is 1.35. The summed E-state index contributed by atoms with van der Waals surface area (Å²) in [5, 5.41) is 10.8. The first-order valence-corrected chi connectivity index (χ1v) is 5.59. The van der Waals surface area contributed by atoms with Crippen LogP contribution in [0, 0.1) is 10.1 Å². The van der Waals surface area contributed by atoms with Gasteiger partial charge in [0, 0.05) is 12.3 Å². The molecule has 0 aliphatic heterocycles. The van der Waals surface area contributed by atoms with E-state index < -0.39 is 4.92 Å². The highest BCUT2D eigenvalue weighted by Gasteiger charge is 2.16. The molecule has 0 radical (unpaired) electrons. The van der Waals surface area contributed by atoms with Gasteiger partial charge in [0.05, 0.1) is 25.1 Å². The summed E-state index contributed by atoms with van der Waals surface area (Å²) >= 11 is 0. The van der Waals surface area contributed by atoms with E-state index in [0.717, 1.165) is 0 Å². The van der Waals surface area contributed by atoms with E-state index in [2.05, 4.69) is 4.98 Å². The molecule has 102 valence electrons. The molecular weight excluding hydrogens is 252 g/mol. The summed E-state index contributed by atoms with van der Waals surface area (Å²) in [5.41, 5.74) is 0.289. The molecule has 19 heavy (non-hydrogen) atoms. The molecule has 0 atom stereocenters. The zero-order chi connectivity index (χ0) is 14.3. The van der Waals surface area contributed by atoms with Gasteiger partial charge in [-0.05, 0) is 12.5 Å². The number of carbonyl (C=O) groups excluding carboxylic acids is 1. The molecule has 0 aromatic carbocycles. The van der Waals surface area contributed by atoms with Crippen LogP contribution in [0.3, 0.4) is 0 Å². The minimum absolute atomic E-state index is 0.0486. The van der Waals surface area contributed by atoms with Gasteiger partial charge in [-0.15, -0.1) is 0 Å². The topological polar surface area (TPSA) is 91.6 Å². The maximum absolute atomic E-state index is 11.1. The molecule has 0 amide bonds. The maximum Gasteiger partial charge on any atom is 0.331 e. The Bertz CT molecular complexity index is 499. The van der Waals surface area contributed by atoms with E-state index in [4.69, 9.17) is 9.47 Å². The predicted molar refractivity (Wildman–Crippen MR) is 67.7 cm³/mol. The molecule has 0 saturated heterocycles. The molecule has 0 N–H and O–H groups in total.